The summed E-state index contributed by atoms with van der Waals surface area (Å²) in [6.07, 6.45) is 4.67. The standard InChI is InChI=1S/C24H26N4O2/c1-30-19-7-4-6-18(15-19)28-12-9-21(26-28)23(29)27-13-10-24(11-14-27)16-17-5-2-3-8-20(17)22(24)25/h2-9,12,15,22H,10-11,13-14,16,25H2,1H3/t22-/m1/s1. The Hall–Kier alpha value is -3.12. The molecule has 0 radical (unpaired) electrons. The van der Waals surface area contributed by atoms with Crippen LogP contribution >= 0.6 is 0 Å². The maximum Gasteiger partial charge on any atom is 0.274 e. The van der Waals surface area contributed by atoms with E-state index in [1.54, 1.807) is 17.9 Å². The molecule has 154 valence electrons. The van der Waals surface area contributed by atoms with Gasteiger partial charge in [0.15, 0.2) is 5.69 Å². The number of likely N-dealkylation sites (tertiary alicyclic amines) is 1. The molecular weight excluding hydrogens is 376 g/mol. The van der Waals surface area contributed by atoms with Crippen molar-refractivity contribution in [3.05, 3.63) is 77.6 Å². The lowest BCUT2D eigenvalue weighted by Crippen LogP contribution is -2.46. The van der Waals surface area contributed by atoms with Gasteiger partial charge in [0.05, 0.1) is 12.8 Å². The van der Waals surface area contributed by atoms with Gasteiger partial charge in [-0.05, 0) is 54.0 Å². The molecule has 2 aromatic carbocycles. The van der Waals surface area contributed by atoms with Gasteiger partial charge in [0.25, 0.3) is 5.91 Å². The summed E-state index contributed by atoms with van der Waals surface area (Å²) in [6, 6.07) is 17.9. The Balaban J connectivity index is 1.28. The van der Waals surface area contributed by atoms with E-state index in [2.05, 4.69) is 29.4 Å². The van der Waals surface area contributed by atoms with E-state index >= 15 is 0 Å². The van der Waals surface area contributed by atoms with Crippen LogP contribution in [0.4, 0.5) is 0 Å². The van der Waals surface area contributed by atoms with Crippen molar-refractivity contribution in [3.63, 3.8) is 0 Å². The molecule has 0 bridgehead atoms. The molecule has 1 amide bonds. The second-order valence-electron chi connectivity index (χ2n) is 8.35. The number of rotatable bonds is 3. The van der Waals surface area contributed by atoms with Gasteiger partial charge in [-0.15, -0.1) is 0 Å². The Morgan fingerprint density at radius 3 is 2.70 bits per heavy atom. The highest BCUT2D eigenvalue weighted by molar-refractivity contribution is 5.92. The van der Waals surface area contributed by atoms with E-state index in [4.69, 9.17) is 10.5 Å². The van der Waals surface area contributed by atoms with Gasteiger partial charge in [0.2, 0.25) is 0 Å². The Bertz CT molecular complexity index is 1080. The van der Waals surface area contributed by atoms with Crippen LogP contribution < -0.4 is 10.5 Å². The number of amides is 1. The molecule has 0 saturated carbocycles. The van der Waals surface area contributed by atoms with E-state index in [0.29, 0.717) is 18.8 Å². The molecule has 30 heavy (non-hydrogen) atoms. The number of aromatic nitrogens is 2. The molecule has 6 heteroatoms. The molecule has 3 aromatic rings. The number of hydrogen-bond donors (Lipinski definition) is 1. The highest BCUT2D eigenvalue weighted by Crippen LogP contribution is 2.50. The molecule has 1 aromatic heterocycles. The molecular formula is C24H26N4O2. The minimum absolute atomic E-state index is 0.0180. The topological polar surface area (TPSA) is 73.4 Å². The van der Waals surface area contributed by atoms with Gasteiger partial charge in [0.1, 0.15) is 5.75 Å². The van der Waals surface area contributed by atoms with Crippen molar-refractivity contribution in [1.29, 1.82) is 0 Å². The van der Waals surface area contributed by atoms with Gasteiger partial charge >= 0.3 is 0 Å². The zero-order valence-electron chi connectivity index (χ0n) is 17.1. The summed E-state index contributed by atoms with van der Waals surface area (Å²) in [5, 5.41) is 4.51. The number of methoxy groups -OCH3 is 1. The average Bonchev–Trinajstić information content (AvgIpc) is 3.38. The van der Waals surface area contributed by atoms with Gasteiger partial charge in [-0.2, -0.15) is 5.10 Å². The lowest BCUT2D eigenvalue weighted by atomic mass is 9.73. The molecule has 1 fully saturated rings. The van der Waals surface area contributed by atoms with Crippen LogP contribution in [0.5, 0.6) is 5.75 Å². The molecule has 1 saturated heterocycles. The highest BCUT2D eigenvalue weighted by Gasteiger charge is 2.46. The SMILES string of the molecule is COc1cccc(-n2ccc(C(=O)N3CCC4(CC3)Cc3ccccc3[C@H]4N)n2)c1. The molecule has 1 spiro atoms. The second kappa shape index (κ2) is 7.29. The summed E-state index contributed by atoms with van der Waals surface area (Å²) in [5.41, 5.74) is 10.7. The minimum atomic E-state index is -0.0180. The van der Waals surface area contributed by atoms with Crippen LogP contribution in [0.1, 0.15) is 40.5 Å². The Kier molecular flexibility index (Phi) is 4.59. The van der Waals surface area contributed by atoms with Gasteiger partial charge in [0, 0.05) is 31.4 Å². The third-order valence-electron chi connectivity index (χ3n) is 6.76. The lowest BCUT2D eigenvalue weighted by Gasteiger charge is -2.42. The third-order valence-corrected chi connectivity index (χ3v) is 6.76. The van der Waals surface area contributed by atoms with Crippen molar-refractivity contribution < 1.29 is 9.53 Å². The summed E-state index contributed by atoms with van der Waals surface area (Å²) in [5.74, 6) is 0.738. The third kappa shape index (κ3) is 3.08. The van der Waals surface area contributed by atoms with Crippen LogP contribution in [-0.4, -0.2) is 40.8 Å². The van der Waals surface area contributed by atoms with Crippen LogP contribution in [0.15, 0.2) is 60.8 Å². The van der Waals surface area contributed by atoms with E-state index in [1.165, 1.54) is 11.1 Å². The summed E-state index contributed by atoms with van der Waals surface area (Å²) < 4.78 is 6.99. The molecule has 1 atom stereocenters. The van der Waals surface area contributed by atoms with Crippen LogP contribution in [0.2, 0.25) is 0 Å². The van der Waals surface area contributed by atoms with Gasteiger partial charge in [-0.3, -0.25) is 4.79 Å². The minimum Gasteiger partial charge on any atom is -0.497 e. The van der Waals surface area contributed by atoms with Gasteiger partial charge in [-0.25, -0.2) is 4.68 Å². The molecule has 5 rings (SSSR count). The van der Waals surface area contributed by atoms with Crippen LogP contribution in [0.25, 0.3) is 5.69 Å². The normalized spacial score (nSPS) is 19.7. The molecule has 6 nitrogen and oxygen atoms in total. The zero-order chi connectivity index (χ0) is 20.7. The van der Waals surface area contributed by atoms with Gasteiger partial charge in [-0.1, -0.05) is 30.3 Å². The Morgan fingerprint density at radius 1 is 1.13 bits per heavy atom. The first-order valence-corrected chi connectivity index (χ1v) is 10.4. The Labute approximate surface area is 176 Å². The zero-order valence-corrected chi connectivity index (χ0v) is 17.1. The van der Waals surface area contributed by atoms with E-state index < -0.39 is 0 Å². The fraction of sp³-hybridized carbons (Fsp3) is 0.333. The van der Waals surface area contributed by atoms with Crippen LogP contribution in [0.3, 0.4) is 0 Å². The number of hydrogen-bond acceptors (Lipinski definition) is 4. The first-order valence-electron chi connectivity index (χ1n) is 10.4. The number of benzene rings is 2. The largest absolute Gasteiger partial charge is 0.497 e. The highest BCUT2D eigenvalue weighted by atomic mass is 16.5. The molecule has 1 aliphatic heterocycles. The van der Waals surface area contributed by atoms with Crippen LogP contribution in [-0.2, 0) is 6.42 Å². The predicted molar refractivity (Wildman–Crippen MR) is 115 cm³/mol. The monoisotopic (exact) mass is 402 g/mol. The van der Waals surface area contributed by atoms with E-state index in [0.717, 1.165) is 30.7 Å². The quantitative estimate of drug-likeness (QED) is 0.729. The van der Waals surface area contributed by atoms with Crippen molar-refractivity contribution in [1.82, 2.24) is 14.7 Å². The second-order valence-corrected chi connectivity index (χ2v) is 8.35. The van der Waals surface area contributed by atoms with E-state index in [1.807, 2.05) is 35.4 Å². The van der Waals surface area contributed by atoms with E-state index in [-0.39, 0.29) is 17.4 Å². The lowest BCUT2D eigenvalue weighted by molar-refractivity contribution is 0.0536. The van der Waals surface area contributed by atoms with Crippen LogP contribution in [0, 0.1) is 5.41 Å². The van der Waals surface area contributed by atoms with E-state index in [9.17, 15) is 4.79 Å². The van der Waals surface area contributed by atoms with Crippen molar-refractivity contribution >= 4 is 5.91 Å². The summed E-state index contributed by atoms with van der Waals surface area (Å²) >= 11 is 0. The molecule has 1 aliphatic carbocycles. The number of carbonyl (C=O) groups excluding carboxylic acids is 1. The number of ether oxygens (including phenoxy) is 1. The number of nitrogens with two attached hydrogens (primary N) is 1. The van der Waals surface area contributed by atoms with Crippen molar-refractivity contribution in [2.45, 2.75) is 25.3 Å². The fourth-order valence-electron chi connectivity index (χ4n) is 4.96. The number of carbonyl (C=O) groups is 1. The Morgan fingerprint density at radius 2 is 1.93 bits per heavy atom. The average molecular weight is 402 g/mol. The molecule has 2 aliphatic rings. The fourth-order valence-corrected chi connectivity index (χ4v) is 4.96. The van der Waals surface area contributed by atoms with Crippen molar-refractivity contribution in [2.24, 2.45) is 11.1 Å². The first-order chi connectivity index (χ1) is 14.6. The number of nitrogens with zero attached hydrogens (tertiary/aromatic N) is 3. The summed E-state index contributed by atoms with van der Waals surface area (Å²) in [7, 11) is 1.63. The summed E-state index contributed by atoms with van der Waals surface area (Å²) in [6.45, 7) is 1.43. The predicted octanol–water partition coefficient (Wildman–Crippen LogP) is 3.36. The first kappa shape index (κ1) is 18.9. The molecule has 2 heterocycles. The number of fused-ring (bicyclic) bond motifs is 1. The number of piperidine rings is 1. The molecule has 2 N–H and O–H groups in total. The maximum absolute atomic E-state index is 13.1. The van der Waals surface area contributed by atoms with Crippen molar-refractivity contribution in [3.8, 4) is 11.4 Å². The molecule has 0 unspecified atom stereocenters. The summed E-state index contributed by atoms with van der Waals surface area (Å²) in [4.78, 5) is 15.0. The van der Waals surface area contributed by atoms with Crippen molar-refractivity contribution in [2.75, 3.05) is 20.2 Å². The van der Waals surface area contributed by atoms with Gasteiger partial charge < -0.3 is 15.4 Å². The smallest absolute Gasteiger partial charge is 0.274 e. The maximum atomic E-state index is 13.1.